The van der Waals surface area contributed by atoms with E-state index in [1.165, 1.54) is 25.8 Å². The van der Waals surface area contributed by atoms with E-state index in [0.29, 0.717) is 6.10 Å². The number of hydrogen-bond donors (Lipinski definition) is 1. The van der Waals surface area contributed by atoms with Crippen LogP contribution in [0.5, 0.6) is 0 Å². The summed E-state index contributed by atoms with van der Waals surface area (Å²) in [5.74, 6) is 0. The molecule has 1 heterocycles. The number of piperidine rings is 1. The minimum absolute atomic E-state index is 0.502. The standard InChI is InChI=1S/C14H28N2O/c1-3-4-5-11-16(2)12-6-13-17-14-7-9-15-10-8-14/h3,14-15H,1,4-13H2,2H3. The molecule has 0 amide bonds. The Morgan fingerprint density at radius 2 is 2.00 bits per heavy atom. The van der Waals surface area contributed by atoms with E-state index in [9.17, 15) is 0 Å². The number of unbranched alkanes of at least 4 members (excludes halogenated alkanes) is 1. The van der Waals surface area contributed by atoms with E-state index in [1.54, 1.807) is 0 Å². The quantitative estimate of drug-likeness (QED) is 0.493. The van der Waals surface area contributed by atoms with Gasteiger partial charge in [-0.15, -0.1) is 6.58 Å². The molecular formula is C14H28N2O. The maximum Gasteiger partial charge on any atom is 0.0599 e. The molecule has 0 spiro atoms. The van der Waals surface area contributed by atoms with E-state index in [4.69, 9.17) is 4.74 Å². The summed E-state index contributed by atoms with van der Waals surface area (Å²) in [6, 6.07) is 0. The Labute approximate surface area is 106 Å². The third-order valence-electron chi connectivity index (χ3n) is 3.27. The summed E-state index contributed by atoms with van der Waals surface area (Å²) in [4.78, 5) is 2.38. The summed E-state index contributed by atoms with van der Waals surface area (Å²) in [5.41, 5.74) is 0. The normalized spacial score (nSPS) is 17.5. The fraction of sp³-hybridized carbons (Fsp3) is 0.857. The molecule has 3 heteroatoms. The van der Waals surface area contributed by atoms with Gasteiger partial charge in [0.25, 0.3) is 0 Å². The minimum atomic E-state index is 0.502. The first kappa shape index (κ1) is 14.7. The lowest BCUT2D eigenvalue weighted by molar-refractivity contribution is 0.0286. The maximum atomic E-state index is 5.88. The molecule has 1 rings (SSSR count). The molecule has 0 atom stereocenters. The van der Waals surface area contributed by atoms with Crippen LogP contribution in [0.25, 0.3) is 0 Å². The molecule has 0 saturated carbocycles. The first-order valence-corrected chi connectivity index (χ1v) is 6.94. The van der Waals surface area contributed by atoms with Gasteiger partial charge < -0.3 is 15.0 Å². The largest absolute Gasteiger partial charge is 0.378 e. The van der Waals surface area contributed by atoms with Crippen molar-refractivity contribution in [3.8, 4) is 0 Å². The molecule has 0 aromatic carbocycles. The second-order valence-corrected chi connectivity index (χ2v) is 4.91. The van der Waals surface area contributed by atoms with Gasteiger partial charge in [-0.1, -0.05) is 6.08 Å². The molecule has 1 aliphatic heterocycles. The second-order valence-electron chi connectivity index (χ2n) is 4.91. The van der Waals surface area contributed by atoms with Crippen molar-refractivity contribution >= 4 is 0 Å². The van der Waals surface area contributed by atoms with Crippen LogP contribution in [0.15, 0.2) is 12.7 Å². The Morgan fingerprint density at radius 1 is 1.29 bits per heavy atom. The molecular weight excluding hydrogens is 212 g/mol. The van der Waals surface area contributed by atoms with Gasteiger partial charge in [0, 0.05) is 13.2 Å². The van der Waals surface area contributed by atoms with Crippen LogP contribution in [0.3, 0.4) is 0 Å². The molecule has 17 heavy (non-hydrogen) atoms. The SMILES string of the molecule is C=CCCCN(C)CCCOC1CCNCC1. The number of allylic oxidation sites excluding steroid dienone is 1. The summed E-state index contributed by atoms with van der Waals surface area (Å²) in [5, 5.41) is 3.36. The van der Waals surface area contributed by atoms with Gasteiger partial charge >= 0.3 is 0 Å². The third kappa shape index (κ3) is 7.53. The minimum Gasteiger partial charge on any atom is -0.378 e. The van der Waals surface area contributed by atoms with Crippen molar-refractivity contribution in [2.45, 2.75) is 38.2 Å². The van der Waals surface area contributed by atoms with Crippen LogP contribution in [-0.4, -0.2) is 50.8 Å². The Bertz CT molecular complexity index is 191. The molecule has 1 N–H and O–H groups in total. The fourth-order valence-electron chi connectivity index (χ4n) is 2.16. The highest BCUT2D eigenvalue weighted by Gasteiger charge is 2.12. The molecule has 1 saturated heterocycles. The van der Waals surface area contributed by atoms with Gasteiger partial charge in [0.15, 0.2) is 0 Å². The predicted molar refractivity (Wildman–Crippen MR) is 73.4 cm³/mol. The topological polar surface area (TPSA) is 24.5 Å². The summed E-state index contributed by atoms with van der Waals surface area (Å²) >= 11 is 0. The Morgan fingerprint density at radius 3 is 2.71 bits per heavy atom. The molecule has 0 bridgehead atoms. The van der Waals surface area contributed by atoms with Crippen LogP contribution < -0.4 is 5.32 Å². The molecule has 0 unspecified atom stereocenters. The average molecular weight is 240 g/mol. The van der Waals surface area contributed by atoms with E-state index >= 15 is 0 Å². The molecule has 0 aliphatic carbocycles. The average Bonchev–Trinajstić information content (AvgIpc) is 2.36. The summed E-state index contributed by atoms with van der Waals surface area (Å²) in [6.45, 7) is 9.20. The van der Waals surface area contributed by atoms with Gasteiger partial charge in [-0.3, -0.25) is 0 Å². The molecule has 0 aromatic rings. The smallest absolute Gasteiger partial charge is 0.0599 e. The van der Waals surface area contributed by atoms with Crippen molar-refractivity contribution in [1.82, 2.24) is 10.2 Å². The van der Waals surface area contributed by atoms with Gasteiger partial charge in [-0.25, -0.2) is 0 Å². The second kappa shape index (κ2) is 9.63. The monoisotopic (exact) mass is 240 g/mol. The van der Waals surface area contributed by atoms with E-state index in [2.05, 4.69) is 23.8 Å². The van der Waals surface area contributed by atoms with Crippen LogP contribution in [0, 0.1) is 0 Å². The molecule has 100 valence electrons. The predicted octanol–water partition coefficient (Wildman–Crippen LogP) is 2.04. The zero-order chi connectivity index (χ0) is 12.3. The lowest BCUT2D eigenvalue weighted by Gasteiger charge is -2.23. The van der Waals surface area contributed by atoms with Crippen LogP contribution in [0.1, 0.15) is 32.1 Å². The highest BCUT2D eigenvalue weighted by molar-refractivity contribution is 4.68. The van der Waals surface area contributed by atoms with Crippen LogP contribution in [0.4, 0.5) is 0 Å². The highest BCUT2D eigenvalue weighted by Crippen LogP contribution is 2.07. The van der Waals surface area contributed by atoms with E-state index < -0.39 is 0 Å². The molecule has 3 nitrogen and oxygen atoms in total. The van der Waals surface area contributed by atoms with Crippen molar-refractivity contribution in [2.75, 3.05) is 39.8 Å². The maximum absolute atomic E-state index is 5.88. The molecule has 0 radical (unpaired) electrons. The van der Waals surface area contributed by atoms with E-state index in [0.717, 1.165) is 39.1 Å². The van der Waals surface area contributed by atoms with Gasteiger partial charge in [0.2, 0.25) is 0 Å². The highest BCUT2D eigenvalue weighted by atomic mass is 16.5. The van der Waals surface area contributed by atoms with Gasteiger partial charge in [0.1, 0.15) is 0 Å². The third-order valence-corrected chi connectivity index (χ3v) is 3.27. The molecule has 1 fully saturated rings. The van der Waals surface area contributed by atoms with Gasteiger partial charge in [0.05, 0.1) is 6.10 Å². The van der Waals surface area contributed by atoms with Crippen molar-refractivity contribution in [1.29, 1.82) is 0 Å². The Hall–Kier alpha value is -0.380. The summed E-state index contributed by atoms with van der Waals surface area (Å²) in [7, 11) is 2.19. The fourth-order valence-corrected chi connectivity index (χ4v) is 2.16. The summed E-state index contributed by atoms with van der Waals surface area (Å²) in [6.07, 6.45) is 8.33. The van der Waals surface area contributed by atoms with Gasteiger partial charge in [-0.05, 0) is 58.8 Å². The Kier molecular flexibility index (Phi) is 8.32. The van der Waals surface area contributed by atoms with Crippen molar-refractivity contribution in [3.63, 3.8) is 0 Å². The molecule has 0 aromatic heterocycles. The summed E-state index contributed by atoms with van der Waals surface area (Å²) < 4.78 is 5.88. The zero-order valence-electron chi connectivity index (χ0n) is 11.3. The number of ether oxygens (including phenoxy) is 1. The Balaban J connectivity index is 1.90. The number of hydrogen-bond acceptors (Lipinski definition) is 3. The number of nitrogens with zero attached hydrogens (tertiary/aromatic N) is 1. The van der Waals surface area contributed by atoms with Gasteiger partial charge in [-0.2, -0.15) is 0 Å². The van der Waals surface area contributed by atoms with Crippen molar-refractivity contribution < 1.29 is 4.74 Å². The van der Waals surface area contributed by atoms with E-state index in [-0.39, 0.29) is 0 Å². The van der Waals surface area contributed by atoms with Crippen molar-refractivity contribution in [2.24, 2.45) is 0 Å². The zero-order valence-corrected chi connectivity index (χ0v) is 11.3. The van der Waals surface area contributed by atoms with Crippen LogP contribution in [-0.2, 0) is 4.74 Å². The lowest BCUT2D eigenvalue weighted by atomic mass is 10.1. The van der Waals surface area contributed by atoms with Crippen molar-refractivity contribution in [3.05, 3.63) is 12.7 Å². The van der Waals surface area contributed by atoms with Crippen LogP contribution in [0.2, 0.25) is 0 Å². The number of nitrogens with one attached hydrogen (secondary N) is 1. The first-order valence-electron chi connectivity index (χ1n) is 6.94. The molecule has 1 aliphatic rings. The number of rotatable bonds is 9. The van der Waals surface area contributed by atoms with Crippen LogP contribution >= 0.6 is 0 Å². The first-order chi connectivity index (χ1) is 8.33. The van der Waals surface area contributed by atoms with E-state index in [1.807, 2.05) is 6.08 Å². The lowest BCUT2D eigenvalue weighted by Crippen LogP contribution is -2.33.